The molecule has 1 amide bonds. The van der Waals surface area contributed by atoms with Crippen molar-refractivity contribution < 1.29 is 9.21 Å². The number of carbonyl (C=O) groups is 1. The molecule has 0 fully saturated rings. The molecule has 6 heteroatoms. The lowest BCUT2D eigenvalue weighted by Gasteiger charge is -2.33. The van der Waals surface area contributed by atoms with E-state index in [0.29, 0.717) is 19.5 Å². The zero-order valence-corrected chi connectivity index (χ0v) is 14.5. The maximum Gasteiger partial charge on any atom is 0.237 e. The number of para-hydroxylation sites is 1. The van der Waals surface area contributed by atoms with Crippen molar-refractivity contribution in [2.24, 2.45) is 0 Å². The number of nitrogens with zero attached hydrogens (tertiary/aromatic N) is 2. The molecule has 0 saturated heterocycles. The van der Waals surface area contributed by atoms with Crippen LogP contribution in [0.4, 0.5) is 0 Å². The molecule has 3 heterocycles. The van der Waals surface area contributed by atoms with Gasteiger partial charge < -0.3 is 14.7 Å². The van der Waals surface area contributed by atoms with E-state index in [1.54, 1.807) is 6.33 Å². The first-order chi connectivity index (χ1) is 12.1. The number of hydrogen-bond acceptors (Lipinski definition) is 4. The molecular weight excluding hydrogens is 316 g/mol. The molecule has 0 saturated carbocycles. The largest absolute Gasteiger partial charge is 0.460 e. The Hall–Kier alpha value is -2.60. The number of benzene rings is 1. The number of rotatable bonds is 4. The summed E-state index contributed by atoms with van der Waals surface area (Å²) < 4.78 is 5.95. The van der Waals surface area contributed by atoms with Crippen LogP contribution in [0.25, 0.3) is 11.0 Å². The molecule has 0 unspecified atom stereocenters. The molecule has 130 valence electrons. The van der Waals surface area contributed by atoms with Crippen LogP contribution in [0.3, 0.4) is 0 Å². The minimum atomic E-state index is -0.244. The van der Waals surface area contributed by atoms with E-state index in [9.17, 15) is 4.79 Å². The SMILES string of the molecule is CC(C)NC(=O)[C@@H]1Cc2nc[nH]c2CN1Cc1cc2ccccc2o1. The molecule has 2 N–H and O–H groups in total. The Balaban J connectivity index is 1.61. The van der Waals surface area contributed by atoms with Gasteiger partial charge in [0.05, 0.1) is 30.3 Å². The molecule has 0 bridgehead atoms. The van der Waals surface area contributed by atoms with Gasteiger partial charge >= 0.3 is 0 Å². The van der Waals surface area contributed by atoms with Crippen LogP contribution in [0.5, 0.6) is 0 Å². The maximum absolute atomic E-state index is 12.7. The van der Waals surface area contributed by atoms with Gasteiger partial charge in [-0.25, -0.2) is 4.98 Å². The number of nitrogens with one attached hydrogen (secondary N) is 2. The van der Waals surface area contributed by atoms with E-state index in [1.165, 1.54) is 0 Å². The Morgan fingerprint density at radius 1 is 1.44 bits per heavy atom. The third kappa shape index (κ3) is 3.17. The maximum atomic E-state index is 12.7. The van der Waals surface area contributed by atoms with E-state index >= 15 is 0 Å². The second-order valence-electron chi connectivity index (χ2n) is 6.87. The van der Waals surface area contributed by atoms with Gasteiger partial charge in [0, 0.05) is 24.4 Å². The number of aromatic nitrogens is 2. The molecule has 6 nitrogen and oxygen atoms in total. The Bertz CT molecular complexity index is 863. The van der Waals surface area contributed by atoms with Gasteiger partial charge in [0.1, 0.15) is 11.3 Å². The third-order valence-corrected chi connectivity index (χ3v) is 4.57. The van der Waals surface area contributed by atoms with Crippen LogP contribution >= 0.6 is 0 Å². The van der Waals surface area contributed by atoms with Crippen molar-refractivity contribution in [1.82, 2.24) is 20.2 Å². The fraction of sp³-hybridized carbons (Fsp3) is 0.368. The molecule has 1 aliphatic heterocycles. The van der Waals surface area contributed by atoms with Gasteiger partial charge in [0.25, 0.3) is 0 Å². The van der Waals surface area contributed by atoms with E-state index in [1.807, 2.05) is 38.1 Å². The summed E-state index contributed by atoms with van der Waals surface area (Å²) in [6.45, 7) is 5.19. The summed E-state index contributed by atoms with van der Waals surface area (Å²) in [5.41, 5.74) is 2.93. The van der Waals surface area contributed by atoms with E-state index in [-0.39, 0.29) is 18.0 Å². The first-order valence-electron chi connectivity index (χ1n) is 8.63. The van der Waals surface area contributed by atoms with Crippen LogP contribution in [0.2, 0.25) is 0 Å². The predicted octanol–water partition coefficient (Wildman–Crippen LogP) is 2.61. The van der Waals surface area contributed by atoms with Crippen molar-refractivity contribution in [2.75, 3.05) is 0 Å². The number of amides is 1. The first kappa shape index (κ1) is 15.9. The van der Waals surface area contributed by atoms with Crippen molar-refractivity contribution in [3.8, 4) is 0 Å². The molecular formula is C19H22N4O2. The quantitative estimate of drug-likeness (QED) is 0.767. The Labute approximate surface area is 146 Å². The minimum absolute atomic E-state index is 0.0414. The van der Waals surface area contributed by atoms with E-state index in [2.05, 4.69) is 26.3 Å². The van der Waals surface area contributed by atoms with Crippen LogP contribution < -0.4 is 5.32 Å². The lowest BCUT2D eigenvalue weighted by atomic mass is 10.0. The van der Waals surface area contributed by atoms with E-state index in [4.69, 9.17) is 4.42 Å². The number of carbonyl (C=O) groups excluding carboxylic acids is 1. The zero-order chi connectivity index (χ0) is 17.4. The van der Waals surface area contributed by atoms with Crippen LogP contribution in [0.1, 0.15) is 31.0 Å². The van der Waals surface area contributed by atoms with Crippen LogP contribution in [-0.4, -0.2) is 32.9 Å². The highest BCUT2D eigenvalue weighted by Crippen LogP contribution is 2.25. The van der Waals surface area contributed by atoms with Crippen LogP contribution in [0.15, 0.2) is 41.1 Å². The zero-order valence-electron chi connectivity index (χ0n) is 14.5. The number of imidazole rings is 1. The minimum Gasteiger partial charge on any atom is -0.460 e. The van der Waals surface area contributed by atoms with Gasteiger partial charge in [-0.1, -0.05) is 18.2 Å². The summed E-state index contributed by atoms with van der Waals surface area (Å²) in [4.78, 5) is 22.4. The average molecular weight is 338 g/mol. The highest BCUT2D eigenvalue weighted by molar-refractivity contribution is 5.82. The number of aromatic amines is 1. The molecule has 1 aliphatic rings. The molecule has 0 spiro atoms. The van der Waals surface area contributed by atoms with Crippen molar-refractivity contribution in [2.45, 2.75) is 45.4 Å². The second kappa shape index (κ2) is 6.37. The first-order valence-corrected chi connectivity index (χ1v) is 8.63. The lowest BCUT2D eigenvalue weighted by molar-refractivity contribution is -0.128. The van der Waals surface area contributed by atoms with E-state index < -0.39 is 0 Å². The molecule has 25 heavy (non-hydrogen) atoms. The fourth-order valence-electron chi connectivity index (χ4n) is 3.41. The van der Waals surface area contributed by atoms with Crippen molar-refractivity contribution in [3.63, 3.8) is 0 Å². The molecule has 3 aromatic rings. The van der Waals surface area contributed by atoms with Gasteiger partial charge in [-0.05, 0) is 26.0 Å². The third-order valence-electron chi connectivity index (χ3n) is 4.57. The Kier molecular flexibility index (Phi) is 4.05. The summed E-state index contributed by atoms with van der Waals surface area (Å²) in [5.74, 6) is 0.909. The van der Waals surface area contributed by atoms with Crippen LogP contribution in [-0.2, 0) is 24.3 Å². The van der Waals surface area contributed by atoms with Gasteiger partial charge in [-0.3, -0.25) is 9.69 Å². The monoisotopic (exact) mass is 338 g/mol. The standard InChI is InChI=1S/C19H22N4O2/c1-12(2)22-19(24)17-8-15-16(21-11-20-15)10-23(17)9-14-7-13-5-3-4-6-18(13)25-14/h3-7,11-12,17H,8-10H2,1-2H3,(H,20,21)(H,22,24)/t17-/m0/s1. The van der Waals surface area contributed by atoms with Gasteiger partial charge in [-0.2, -0.15) is 0 Å². The van der Waals surface area contributed by atoms with E-state index in [0.717, 1.165) is 28.1 Å². The summed E-state index contributed by atoms with van der Waals surface area (Å²) in [5, 5.41) is 4.11. The molecule has 0 aliphatic carbocycles. The Morgan fingerprint density at radius 3 is 3.08 bits per heavy atom. The van der Waals surface area contributed by atoms with Gasteiger partial charge in [0.2, 0.25) is 5.91 Å². The van der Waals surface area contributed by atoms with Gasteiger partial charge in [0.15, 0.2) is 0 Å². The summed E-state index contributed by atoms with van der Waals surface area (Å²) in [6, 6.07) is 9.88. The number of fused-ring (bicyclic) bond motifs is 2. The summed E-state index contributed by atoms with van der Waals surface area (Å²) >= 11 is 0. The van der Waals surface area contributed by atoms with Crippen molar-refractivity contribution >= 4 is 16.9 Å². The topological polar surface area (TPSA) is 74.2 Å². The fourth-order valence-corrected chi connectivity index (χ4v) is 3.41. The molecule has 1 atom stereocenters. The number of furan rings is 1. The predicted molar refractivity (Wildman–Crippen MR) is 94.8 cm³/mol. The molecule has 1 aromatic carbocycles. The highest BCUT2D eigenvalue weighted by atomic mass is 16.3. The molecule has 4 rings (SSSR count). The number of hydrogen-bond donors (Lipinski definition) is 2. The molecule has 0 radical (unpaired) electrons. The Morgan fingerprint density at radius 2 is 2.28 bits per heavy atom. The summed E-state index contributed by atoms with van der Waals surface area (Å²) in [6.07, 6.45) is 2.31. The van der Waals surface area contributed by atoms with Crippen molar-refractivity contribution in [3.05, 3.63) is 53.8 Å². The van der Waals surface area contributed by atoms with Crippen molar-refractivity contribution in [1.29, 1.82) is 0 Å². The lowest BCUT2D eigenvalue weighted by Crippen LogP contribution is -2.51. The van der Waals surface area contributed by atoms with Crippen LogP contribution in [0, 0.1) is 0 Å². The highest BCUT2D eigenvalue weighted by Gasteiger charge is 2.33. The smallest absolute Gasteiger partial charge is 0.237 e. The summed E-state index contributed by atoms with van der Waals surface area (Å²) in [7, 11) is 0. The number of H-pyrrole nitrogens is 1. The van der Waals surface area contributed by atoms with Gasteiger partial charge in [-0.15, -0.1) is 0 Å². The second-order valence-corrected chi connectivity index (χ2v) is 6.87. The molecule has 2 aromatic heterocycles. The average Bonchev–Trinajstić information content (AvgIpc) is 3.18. The normalized spacial score (nSPS) is 17.8.